The van der Waals surface area contributed by atoms with Gasteiger partial charge in [0.25, 0.3) is 0 Å². The summed E-state index contributed by atoms with van der Waals surface area (Å²) in [4.78, 5) is 32.8. The lowest BCUT2D eigenvalue weighted by Gasteiger charge is -2.22. The van der Waals surface area contributed by atoms with E-state index in [1.807, 2.05) is 48.4 Å². The number of aryl methyl sites for hydroxylation is 1. The molecule has 2 aromatic heterocycles. The van der Waals surface area contributed by atoms with E-state index in [-0.39, 0.29) is 56.3 Å². The summed E-state index contributed by atoms with van der Waals surface area (Å²) >= 11 is 16.6. The minimum Gasteiger partial charge on any atom is -0.485 e. The lowest BCUT2D eigenvalue weighted by molar-refractivity contribution is -0.125. The van der Waals surface area contributed by atoms with Crippen LogP contribution in [-0.2, 0) is 16.2 Å². The molecule has 3 rings (SSSR count). The van der Waals surface area contributed by atoms with Gasteiger partial charge >= 0.3 is 0 Å². The van der Waals surface area contributed by atoms with Crippen molar-refractivity contribution in [1.29, 1.82) is 0 Å². The number of fused-ring (bicyclic) bond motifs is 1. The largest absolute Gasteiger partial charge is 0.485 e. The van der Waals surface area contributed by atoms with E-state index < -0.39 is 0 Å². The van der Waals surface area contributed by atoms with E-state index in [1.165, 1.54) is 4.90 Å². The van der Waals surface area contributed by atoms with Crippen LogP contribution in [0.1, 0.15) is 25.1 Å². The number of nitrogens with zero attached hydrogens (tertiary/aromatic N) is 4. The van der Waals surface area contributed by atoms with E-state index in [9.17, 15) is 9.59 Å². The number of halogens is 5. The second-order valence-corrected chi connectivity index (χ2v) is 9.43. The molecule has 3 aromatic rings. The van der Waals surface area contributed by atoms with Gasteiger partial charge in [-0.3, -0.25) is 18.9 Å². The SMILES string of the molecule is CCN(CC)CC(=O)NCC(=O)N(C)c1ccc(Cl)c(COc2cccn3c(Br)c(C)nc23)c1Cl.Cl.Cl. The normalized spacial score (nSPS) is 10.6. The zero-order chi connectivity index (χ0) is 25.7. The van der Waals surface area contributed by atoms with Crippen LogP contribution in [0.5, 0.6) is 5.75 Å². The summed E-state index contributed by atoms with van der Waals surface area (Å²) in [6.45, 7) is 7.56. The fourth-order valence-electron chi connectivity index (χ4n) is 3.50. The van der Waals surface area contributed by atoms with E-state index in [0.717, 1.165) is 23.4 Å². The number of carbonyl (C=O) groups is 2. The fourth-order valence-corrected chi connectivity index (χ4v) is 4.48. The Bertz CT molecular complexity index is 1240. The van der Waals surface area contributed by atoms with Crippen molar-refractivity contribution < 1.29 is 14.3 Å². The van der Waals surface area contributed by atoms with Gasteiger partial charge in [-0.15, -0.1) is 24.8 Å². The van der Waals surface area contributed by atoms with Crippen LogP contribution >= 0.6 is 63.9 Å². The van der Waals surface area contributed by atoms with Gasteiger partial charge in [-0.2, -0.15) is 0 Å². The summed E-state index contributed by atoms with van der Waals surface area (Å²) in [6.07, 6.45) is 1.88. The van der Waals surface area contributed by atoms with E-state index in [0.29, 0.717) is 32.7 Å². The zero-order valence-electron chi connectivity index (χ0n) is 20.9. The van der Waals surface area contributed by atoms with Gasteiger partial charge in [0.1, 0.15) is 11.2 Å². The number of likely N-dealkylation sites (N-methyl/N-ethyl adjacent to an activating group) is 2. The smallest absolute Gasteiger partial charge is 0.246 e. The van der Waals surface area contributed by atoms with Gasteiger partial charge in [0.15, 0.2) is 11.4 Å². The summed E-state index contributed by atoms with van der Waals surface area (Å²) in [7, 11) is 1.60. The first-order valence-electron chi connectivity index (χ1n) is 11.2. The minimum atomic E-state index is -0.309. The predicted octanol–water partition coefficient (Wildman–Crippen LogP) is 5.56. The van der Waals surface area contributed by atoms with Crippen molar-refractivity contribution in [2.75, 3.05) is 38.1 Å². The highest BCUT2D eigenvalue weighted by Crippen LogP contribution is 2.35. The van der Waals surface area contributed by atoms with Crippen LogP contribution in [0.25, 0.3) is 5.65 Å². The summed E-state index contributed by atoms with van der Waals surface area (Å²) < 4.78 is 8.76. The number of nitrogens with one attached hydrogen (secondary N) is 1. The van der Waals surface area contributed by atoms with Gasteiger partial charge in [-0.25, -0.2) is 4.98 Å². The number of imidazole rings is 1. The number of rotatable bonds is 10. The number of anilines is 1. The molecular formula is C24H30BrCl4N5O3. The summed E-state index contributed by atoms with van der Waals surface area (Å²) in [5.41, 5.74) is 2.51. The predicted molar refractivity (Wildman–Crippen MR) is 157 cm³/mol. The topological polar surface area (TPSA) is 79.2 Å². The molecule has 1 aromatic carbocycles. The number of hydrogen-bond donors (Lipinski definition) is 1. The van der Waals surface area contributed by atoms with Crippen LogP contribution in [0, 0.1) is 6.92 Å². The van der Waals surface area contributed by atoms with Crippen LogP contribution in [0.4, 0.5) is 5.69 Å². The molecule has 0 radical (unpaired) electrons. The molecule has 0 aliphatic heterocycles. The summed E-state index contributed by atoms with van der Waals surface area (Å²) in [5.74, 6) is 0.0532. The minimum absolute atomic E-state index is 0. The Labute approximate surface area is 247 Å². The highest BCUT2D eigenvalue weighted by atomic mass is 79.9. The van der Waals surface area contributed by atoms with E-state index in [2.05, 4.69) is 26.2 Å². The standard InChI is InChI=1S/C24H28BrCl2N5O3.2ClH/c1-5-31(6-2)13-20(33)28-12-21(34)30(4)18-10-9-17(26)16(22(18)27)14-35-19-8-7-11-32-23(25)15(3)29-24(19)32;;/h7-11H,5-6,12-14H2,1-4H3,(H,28,33);2*1H. The maximum absolute atomic E-state index is 12.7. The lowest BCUT2D eigenvalue weighted by Crippen LogP contribution is -2.42. The first-order chi connectivity index (χ1) is 16.7. The van der Waals surface area contributed by atoms with Gasteiger partial charge < -0.3 is 15.0 Å². The monoisotopic (exact) mass is 655 g/mol. The highest BCUT2D eigenvalue weighted by molar-refractivity contribution is 9.10. The third kappa shape index (κ3) is 7.88. The van der Waals surface area contributed by atoms with Gasteiger partial charge in [0, 0.05) is 23.8 Å². The Balaban J connectivity index is 0.00000342. The molecule has 0 saturated heterocycles. The van der Waals surface area contributed by atoms with Gasteiger partial charge in [0.2, 0.25) is 11.8 Å². The zero-order valence-corrected chi connectivity index (χ0v) is 25.6. The van der Waals surface area contributed by atoms with Crippen molar-refractivity contribution in [1.82, 2.24) is 19.6 Å². The molecule has 2 heterocycles. The Morgan fingerprint density at radius 3 is 2.49 bits per heavy atom. The van der Waals surface area contributed by atoms with Crippen LogP contribution in [0.3, 0.4) is 0 Å². The molecule has 0 unspecified atom stereocenters. The molecule has 0 atom stereocenters. The second kappa shape index (κ2) is 15.0. The van der Waals surface area contributed by atoms with Crippen LogP contribution in [0.2, 0.25) is 10.0 Å². The number of amides is 2. The average Bonchev–Trinajstić information content (AvgIpc) is 3.14. The Hall–Kier alpha value is -1.75. The van der Waals surface area contributed by atoms with Crippen molar-refractivity contribution in [2.45, 2.75) is 27.4 Å². The number of benzene rings is 1. The van der Waals surface area contributed by atoms with Gasteiger partial charge in [-0.05, 0) is 60.2 Å². The second-order valence-electron chi connectivity index (χ2n) is 7.89. The third-order valence-corrected chi connectivity index (χ3v) is 7.42. The molecule has 8 nitrogen and oxygen atoms in total. The van der Waals surface area contributed by atoms with Crippen molar-refractivity contribution in [2.24, 2.45) is 0 Å². The molecule has 0 aliphatic carbocycles. The molecule has 0 fully saturated rings. The number of aromatic nitrogens is 2. The summed E-state index contributed by atoms with van der Waals surface area (Å²) in [5, 5.41) is 3.39. The maximum Gasteiger partial charge on any atom is 0.246 e. The van der Waals surface area contributed by atoms with Crippen LogP contribution in [0.15, 0.2) is 35.1 Å². The molecule has 37 heavy (non-hydrogen) atoms. The Morgan fingerprint density at radius 1 is 1.16 bits per heavy atom. The molecule has 0 bridgehead atoms. The van der Waals surface area contributed by atoms with Crippen LogP contribution < -0.4 is 15.0 Å². The van der Waals surface area contributed by atoms with Crippen molar-refractivity contribution in [3.05, 3.63) is 56.4 Å². The number of pyridine rings is 1. The Kier molecular flexibility index (Phi) is 13.5. The van der Waals surface area contributed by atoms with Gasteiger partial charge in [-0.1, -0.05) is 37.0 Å². The molecule has 0 spiro atoms. The number of carbonyl (C=O) groups excluding carboxylic acids is 2. The lowest BCUT2D eigenvalue weighted by atomic mass is 10.2. The molecule has 0 aliphatic rings. The molecular weight excluding hydrogens is 628 g/mol. The van der Waals surface area contributed by atoms with E-state index in [4.69, 9.17) is 27.9 Å². The van der Waals surface area contributed by atoms with Gasteiger partial charge in [0.05, 0.1) is 29.5 Å². The van der Waals surface area contributed by atoms with Crippen molar-refractivity contribution in [3.8, 4) is 5.75 Å². The first-order valence-corrected chi connectivity index (χ1v) is 12.7. The molecule has 2 amide bonds. The molecule has 0 saturated carbocycles. The average molecular weight is 658 g/mol. The fraction of sp³-hybridized carbons (Fsp3) is 0.375. The quantitative estimate of drug-likeness (QED) is 0.309. The summed E-state index contributed by atoms with van der Waals surface area (Å²) in [6, 6.07) is 7.01. The number of ether oxygens (including phenoxy) is 1. The third-order valence-electron chi connectivity index (χ3n) is 5.69. The molecule has 13 heteroatoms. The first kappa shape index (κ1) is 33.3. The van der Waals surface area contributed by atoms with Crippen LogP contribution in [-0.4, -0.2) is 59.3 Å². The van der Waals surface area contributed by atoms with E-state index in [1.54, 1.807) is 19.2 Å². The van der Waals surface area contributed by atoms with Crippen molar-refractivity contribution in [3.63, 3.8) is 0 Å². The maximum atomic E-state index is 12.7. The Morgan fingerprint density at radius 2 is 1.84 bits per heavy atom. The van der Waals surface area contributed by atoms with E-state index >= 15 is 0 Å². The number of hydrogen-bond acceptors (Lipinski definition) is 5. The highest BCUT2D eigenvalue weighted by Gasteiger charge is 2.20. The molecule has 1 N–H and O–H groups in total. The molecule has 204 valence electrons. The van der Waals surface area contributed by atoms with Crippen molar-refractivity contribution >= 4 is 87.1 Å².